The van der Waals surface area contributed by atoms with Crippen LogP contribution in [0.2, 0.25) is 0 Å². The van der Waals surface area contributed by atoms with Crippen LogP contribution >= 0.6 is 11.3 Å². The maximum atomic E-state index is 12.2. The van der Waals surface area contributed by atoms with Crippen LogP contribution in [0.3, 0.4) is 0 Å². The van der Waals surface area contributed by atoms with E-state index in [0.29, 0.717) is 6.10 Å². The lowest BCUT2D eigenvalue weighted by Gasteiger charge is -2.28. The normalized spacial score (nSPS) is 22.2. The van der Waals surface area contributed by atoms with Crippen molar-refractivity contribution in [2.75, 3.05) is 6.61 Å². The van der Waals surface area contributed by atoms with Gasteiger partial charge in [0.25, 0.3) is 0 Å². The average Bonchev–Trinajstić information content (AvgIpc) is 3.18. The molecule has 0 aliphatic heterocycles. The lowest BCUT2D eigenvalue weighted by Crippen LogP contribution is -2.45. The Morgan fingerprint density at radius 3 is 2.75 bits per heavy atom. The number of rotatable bonds is 5. The Balaban J connectivity index is 1.57. The highest BCUT2D eigenvalue weighted by molar-refractivity contribution is 7.09. The van der Waals surface area contributed by atoms with Gasteiger partial charge in [-0.1, -0.05) is 25.7 Å². The summed E-state index contributed by atoms with van der Waals surface area (Å²) >= 11 is 1.64. The molecule has 0 bridgehead atoms. The molecule has 1 aromatic heterocycles. The first-order chi connectivity index (χ1) is 9.78. The molecule has 0 unspecified atom stereocenters. The third-order valence-electron chi connectivity index (χ3n) is 4.43. The molecule has 2 saturated carbocycles. The molecule has 2 fully saturated rings. The standard InChI is InChI=1S/C15H22N2O2S/c18-13(11-19-12-5-1-2-6-12)17-15(7-3-4-8-15)14-16-9-10-20-14/h9-10,12H,1-8,11H2,(H,17,18). The highest BCUT2D eigenvalue weighted by Gasteiger charge is 2.39. The summed E-state index contributed by atoms with van der Waals surface area (Å²) in [5, 5.41) is 6.23. The summed E-state index contributed by atoms with van der Waals surface area (Å²) in [6.45, 7) is 0.192. The zero-order chi connectivity index (χ0) is 13.8. The van der Waals surface area contributed by atoms with Crippen molar-refractivity contribution in [2.45, 2.75) is 63.0 Å². The van der Waals surface area contributed by atoms with E-state index in [-0.39, 0.29) is 18.1 Å². The number of ether oxygens (including phenoxy) is 1. The van der Waals surface area contributed by atoms with Crippen LogP contribution in [-0.2, 0) is 15.1 Å². The smallest absolute Gasteiger partial charge is 0.246 e. The summed E-state index contributed by atoms with van der Waals surface area (Å²) < 4.78 is 5.71. The molecule has 0 spiro atoms. The van der Waals surface area contributed by atoms with Crippen molar-refractivity contribution in [1.29, 1.82) is 0 Å². The molecule has 1 N–H and O–H groups in total. The minimum atomic E-state index is -0.232. The quantitative estimate of drug-likeness (QED) is 0.908. The van der Waals surface area contributed by atoms with Gasteiger partial charge in [0.15, 0.2) is 0 Å². The van der Waals surface area contributed by atoms with Crippen LogP contribution in [0, 0.1) is 0 Å². The van der Waals surface area contributed by atoms with E-state index in [1.54, 1.807) is 11.3 Å². The molecular weight excluding hydrogens is 272 g/mol. The van der Waals surface area contributed by atoms with Crippen LogP contribution in [-0.4, -0.2) is 23.6 Å². The summed E-state index contributed by atoms with van der Waals surface area (Å²) in [4.78, 5) is 16.6. The first-order valence-electron chi connectivity index (χ1n) is 7.61. The van der Waals surface area contributed by atoms with Gasteiger partial charge in [-0.05, 0) is 25.7 Å². The van der Waals surface area contributed by atoms with E-state index < -0.39 is 0 Å². The second kappa shape index (κ2) is 6.22. The highest BCUT2D eigenvalue weighted by atomic mass is 32.1. The molecule has 110 valence electrons. The predicted molar refractivity (Wildman–Crippen MR) is 78.6 cm³/mol. The van der Waals surface area contributed by atoms with Gasteiger partial charge in [-0.15, -0.1) is 11.3 Å². The van der Waals surface area contributed by atoms with E-state index in [1.807, 2.05) is 11.6 Å². The number of aromatic nitrogens is 1. The first-order valence-corrected chi connectivity index (χ1v) is 8.49. The van der Waals surface area contributed by atoms with Gasteiger partial charge in [0.2, 0.25) is 5.91 Å². The van der Waals surface area contributed by atoms with Gasteiger partial charge in [0.05, 0.1) is 11.6 Å². The van der Waals surface area contributed by atoms with Crippen molar-refractivity contribution in [3.05, 3.63) is 16.6 Å². The lowest BCUT2D eigenvalue weighted by atomic mass is 9.98. The number of amides is 1. The van der Waals surface area contributed by atoms with Crippen LogP contribution < -0.4 is 5.32 Å². The number of nitrogens with one attached hydrogen (secondary N) is 1. The Morgan fingerprint density at radius 2 is 2.10 bits per heavy atom. The van der Waals surface area contributed by atoms with E-state index in [4.69, 9.17) is 4.74 Å². The molecule has 4 nitrogen and oxygen atoms in total. The summed E-state index contributed by atoms with van der Waals surface area (Å²) in [5.74, 6) is 0.00833. The molecule has 1 heterocycles. The second-order valence-corrected chi connectivity index (χ2v) is 6.79. The third kappa shape index (κ3) is 3.04. The number of hydrogen-bond acceptors (Lipinski definition) is 4. The lowest BCUT2D eigenvalue weighted by molar-refractivity contribution is -0.129. The maximum Gasteiger partial charge on any atom is 0.246 e. The van der Waals surface area contributed by atoms with E-state index in [1.165, 1.54) is 12.8 Å². The van der Waals surface area contributed by atoms with Gasteiger partial charge in [-0.25, -0.2) is 4.98 Å². The topological polar surface area (TPSA) is 51.2 Å². The number of nitrogens with zero attached hydrogens (tertiary/aromatic N) is 1. The molecule has 0 aromatic carbocycles. The van der Waals surface area contributed by atoms with Crippen LogP contribution in [0.25, 0.3) is 0 Å². The molecule has 20 heavy (non-hydrogen) atoms. The van der Waals surface area contributed by atoms with Gasteiger partial charge in [0, 0.05) is 11.6 Å². The summed E-state index contributed by atoms with van der Waals surface area (Å²) in [6.07, 6.45) is 11.1. The van der Waals surface area contributed by atoms with Crippen molar-refractivity contribution in [1.82, 2.24) is 10.3 Å². The largest absolute Gasteiger partial charge is 0.368 e. The van der Waals surface area contributed by atoms with Gasteiger partial charge in [0.1, 0.15) is 11.6 Å². The zero-order valence-corrected chi connectivity index (χ0v) is 12.6. The first kappa shape index (κ1) is 14.0. The van der Waals surface area contributed by atoms with Crippen molar-refractivity contribution in [3.8, 4) is 0 Å². The number of carbonyl (C=O) groups excluding carboxylic acids is 1. The number of carbonyl (C=O) groups is 1. The molecule has 1 aromatic rings. The summed E-state index contributed by atoms with van der Waals surface area (Å²) in [6, 6.07) is 0. The molecule has 1 amide bonds. The molecule has 2 aliphatic carbocycles. The van der Waals surface area contributed by atoms with Crippen LogP contribution in [0.5, 0.6) is 0 Å². The Kier molecular flexibility index (Phi) is 4.36. The fourth-order valence-electron chi connectivity index (χ4n) is 3.38. The molecule has 0 saturated heterocycles. The van der Waals surface area contributed by atoms with E-state index in [0.717, 1.165) is 43.5 Å². The Hall–Kier alpha value is -0.940. The summed E-state index contributed by atoms with van der Waals surface area (Å²) in [7, 11) is 0. The molecular formula is C15H22N2O2S. The van der Waals surface area contributed by atoms with E-state index >= 15 is 0 Å². The van der Waals surface area contributed by atoms with Crippen LogP contribution in [0.15, 0.2) is 11.6 Å². The van der Waals surface area contributed by atoms with Crippen LogP contribution in [0.1, 0.15) is 56.4 Å². The van der Waals surface area contributed by atoms with Gasteiger partial charge in [-0.2, -0.15) is 0 Å². The second-order valence-electron chi connectivity index (χ2n) is 5.89. The number of thiazole rings is 1. The molecule has 0 atom stereocenters. The molecule has 5 heteroatoms. The van der Waals surface area contributed by atoms with Crippen molar-refractivity contribution in [2.24, 2.45) is 0 Å². The predicted octanol–water partition coefficient (Wildman–Crippen LogP) is 2.99. The minimum Gasteiger partial charge on any atom is -0.368 e. The van der Waals surface area contributed by atoms with Gasteiger partial charge < -0.3 is 10.1 Å². The molecule has 3 rings (SSSR count). The number of hydrogen-bond donors (Lipinski definition) is 1. The minimum absolute atomic E-state index is 0.00833. The Bertz CT molecular complexity index is 435. The van der Waals surface area contributed by atoms with Gasteiger partial charge in [-0.3, -0.25) is 4.79 Å². The van der Waals surface area contributed by atoms with E-state index in [9.17, 15) is 4.79 Å². The van der Waals surface area contributed by atoms with Crippen molar-refractivity contribution < 1.29 is 9.53 Å². The Morgan fingerprint density at radius 1 is 1.35 bits per heavy atom. The highest BCUT2D eigenvalue weighted by Crippen LogP contribution is 2.39. The Labute approximate surface area is 123 Å². The third-order valence-corrected chi connectivity index (χ3v) is 5.41. The van der Waals surface area contributed by atoms with Crippen LogP contribution in [0.4, 0.5) is 0 Å². The SMILES string of the molecule is O=C(COC1CCCC1)NC1(c2nccs2)CCCC1. The molecule has 2 aliphatic rings. The monoisotopic (exact) mass is 294 g/mol. The zero-order valence-electron chi connectivity index (χ0n) is 11.8. The van der Waals surface area contributed by atoms with Gasteiger partial charge >= 0.3 is 0 Å². The maximum absolute atomic E-state index is 12.2. The fourth-order valence-corrected chi connectivity index (χ4v) is 4.24. The average molecular weight is 294 g/mol. The molecule has 0 radical (unpaired) electrons. The fraction of sp³-hybridized carbons (Fsp3) is 0.733. The van der Waals surface area contributed by atoms with Crippen molar-refractivity contribution >= 4 is 17.2 Å². The van der Waals surface area contributed by atoms with E-state index in [2.05, 4.69) is 10.3 Å². The summed E-state index contributed by atoms with van der Waals surface area (Å²) in [5.41, 5.74) is -0.232. The van der Waals surface area contributed by atoms with Crippen molar-refractivity contribution in [3.63, 3.8) is 0 Å².